The summed E-state index contributed by atoms with van der Waals surface area (Å²) < 4.78 is 0. The lowest BCUT2D eigenvalue weighted by Gasteiger charge is -2.27. The van der Waals surface area contributed by atoms with Gasteiger partial charge in [-0.1, -0.05) is 12.1 Å². The monoisotopic (exact) mass is 278 g/mol. The van der Waals surface area contributed by atoms with Gasteiger partial charge in [0.05, 0.1) is 4.92 Å². The fraction of sp³-hybridized carbons (Fsp3) is 0.571. The first-order valence-electron chi connectivity index (χ1n) is 7.00. The van der Waals surface area contributed by atoms with Gasteiger partial charge in [0, 0.05) is 25.2 Å². The quantitative estimate of drug-likeness (QED) is 0.455. The third-order valence-corrected chi connectivity index (χ3v) is 3.76. The lowest BCUT2D eigenvalue weighted by Crippen LogP contribution is -2.32. The van der Waals surface area contributed by atoms with Gasteiger partial charge in [0.25, 0.3) is 5.69 Å². The van der Waals surface area contributed by atoms with E-state index in [0.717, 1.165) is 18.0 Å². The van der Waals surface area contributed by atoms with Gasteiger partial charge in [-0.2, -0.15) is 0 Å². The Labute approximate surface area is 119 Å². The summed E-state index contributed by atoms with van der Waals surface area (Å²) in [6.45, 7) is 6.02. The second-order valence-electron chi connectivity index (χ2n) is 5.68. The zero-order valence-electron chi connectivity index (χ0n) is 12.0. The van der Waals surface area contributed by atoms with Crippen LogP contribution in [0, 0.1) is 16.0 Å². The molecule has 0 unspecified atom stereocenters. The number of nitrogen functional groups attached to an aromatic ring is 1. The summed E-state index contributed by atoms with van der Waals surface area (Å²) in [5.74, 6) is 6.26. The molecule has 2 rings (SSSR count). The molecule has 0 amide bonds. The Hall–Kier alpha value is -1.66. The minimum Gasteiger partial charge on any atom is -0.318 e. The molecule has 110 valence electrons. The van der Waals surface area contributed by atoms with Crippen molar-refractivity contribution < 1.29 is 4.92 Å². The Balaban J connectivity index is 2.21. The van der Waals surface area contributed by atoms with E-state index in [1.807, 2.05) is 6.07 Å². The van der Waals surface area contributed by atoms with E-state index in [1.54, 1.807) is 6.07 Å². The van der Waals surface area contributed by atoms with E-state index >= 15 is 0 Å². The van der Waals surface area contributed by atoms with E-state index in [4.69, 9.17) is 5.84 Å². The first kappa shape index (κ1) is 14.7. The highest BCUT2D eigenvalue weighted by molar-refractivity contribution is 5.65. The highest BCUT2D eigenvalue weighted by Gasteiger charge is 2.26. The van der Waals surface area contributed by atoms with Crippen molar-refractivity contribution in [2.75, 3.05) is 12.0 Å². The normalized spacial score (nSPS) is 14.8. The topological polar surface area (TPSA) is 84.4 Å². The van der Waals surface area contributed by atoms with E-state index in [2.05, 4.69) is 24.2 Å². The number of nitro groups is 1. The van der Waals surface area contributed by atoms with Gasteiger partial charge >= 0.3 is 0 Å². The Morgan fingerprint density at radius 3 is 2.70 bits per heavy atom. The van der Waals surface area contributed by atoms with Crippen molar-refractivity contribution in [2.24, 2.45) is 11.8 Å². The van der Waals surface area contributed by atoms with Crippen LogP contribution in [0.3, 0.4) is 0 Å². The third kappa shape index (κ3) is 3.46. The average molecular weight is 278 g/mol. The molecule has 3 N–H and O–H groups in total. The molecule has 1 aliphatic carbocycles. The predicted octanol–water partition coefficient (Wildman–Crippen LogP) is 2.50. The maximum atomic E-state index is 11.0. The van der Waals surface area contributed by atoms with Crippen molar-refractivity contribution in [1.82, 2.24) is 4.90 Å². The third-order valence-electron chi connectivity index (χ3n) is 3.76. The van der Waals surface area contributed by atoms with Crippen molar-refractivity contribution in [3.05, 3.63) is 33.9 Å². The van der Waals surface area contributed by atoms with E-state index in [0.29, 0.717) is 18.3 Å². The summed E-state index contributed by atoms with van der Waals surface area (Å²) in [6, 6.07) is 5.48. The van der Waals surface area contributed by atoms with Crippen molar-refractivity contribution >= 4 is 11.4 Å². The van der Waals surface area contributed by atoms with Gasteiger partial charge < -0.3 is 5.43 Å². The lowest BCUT2D eigenvalue weighted by molar-refractivity contribution is -0.384. The SMILES string of the molecule is CC(C)N(Cc1cccc([N+](=O)[O-])c1NN)CC1CC1. The van der Waals surface area contributed by atoms with Crippen molar-refractivity contribution in [3.8, 4) is 0 Å². The molecule has 1 fully saturated rings. The van der Waals surface area contributed by atoms with Crippen molar-refractivity contribution in [3.63, 3.8) is 0 Å². The highest BCUT2D eigenvalue weighted by atomic mass is 16.6. The van der Waals surface area contributed by atoms with Crippen LogP contribution in [0.15, 0.2) is 18.2 Å². The molecule has 1 aliphatic rings. The van der Waals surface area contributed by atoms with Gasteiger partial charge in [0.15, 0.2) is 0 Å². The summed E-state index contributed by atoms with van der Waals surface area (Å²) >= 11 is 0. The first-order chi connectivity index (χ1) is 9.52. The first-order valence-corrected chi connectivity index (χ1v) is 7.00. The van der Waals surface area contributed by atoms with Crippen LogP contribution in [-0.4, -0.2) is 22.4 Å². The molecule has 20 heavy (non-hydrogen) atoms. The number of nitrogens with zero attached hydrogens (tertiary/aromatic N) is 2. The van der Waals surface area contributed by atoms with Crippen molar-refractivity contribution in [1.29, 1.82) is 0 Å². The molecule has 0 saturated heterocycles. The number of nitrogens with two attached hydrogens (primary N) is 1. The van der Waals surface area contributed by atoms with Crippen LogP contribution >= 0.6 is 0 Å². The van der Waals surface area contributed by atoms with Crippen LogP contribution in [0.2, 0.25) is 0 Å². The molecule has 1 aromatic carbocycles. The number of benzene rings is 1. The standard InChI is InChI=1S/C14H22N4O2/c1-10(2)17(8-11-6-7-11)9-12-4-3-5-13(18(19)20)14(12)16-15/h3-5,10-11,16H,6-9,15H2,1-2H3. The van der Waals surface area contributed by atoms with Crippen LogP contribution in [0.4, 0.5) is 11.4 Å². The smallest absolute Gasteiger partial charge is 0.293 e. The second kappa shape index (κ2) is 6.19. The number of anilines is 1. The van der Waals surface area contributed by atoms with Gasteiger partial charge in [-0.05, 0) is 38.2 Å². The molecular formula is C14H22N4O2. The largest absolute Gasteiger partial charge is 0.318 e. The molecule has 0 aromatic heterocycles. The zero-order chi connectivity index (χ0) is 14.7. The Kier molecular flexibility index (Phi) is 4.57. The zero-order valence-corrected chi connectivity index (χ0v) is 12.0. The summed E-state index contributed by atoms with van der Waals surface area (Å²) in [7, 11) is 0. The fourth-order valence-electron chi connectivity index (χ4n) is 2.35. The number of hydrazine groups is 1. The predicted molar refractivity (Wildman–Crippen MR) is 79.2 cm³/mol. The molecule has 0 aliphatic heterocycles. The Morgan fingerprint density at radius 1 is 1.50 bits per heavy atom. The summed E-state index contributed by atoms with van der Waals surface area (Å²) in [4.78, 5) is 13.0. The molecule has 0 radical (unpaired) electrons. The Morgan fingerprint density at radius 2 is 2.20 bits per heavy atom. The van der Waals surface area contributed by atoms with Gasteiger partial charge in [0.1, 0.15) is 5.69 Å². The molecule has 0 atom stereocenters. The average Bonchev–Trinajstić information content (AvgIpc) is 3.21. The van der Waals surface area contributed by atoms with Crippen LogP contribution in [0.5, 0.6) is 0 Å². The molecular weight excluding hydrogens is 256 g/mol. The number of rotatable bonds is 7. The van der Waals surface area contributed by atoms with Gasteiger partial charge in [-0.15, -0.1) is 0 Å². The summed E-state index contributed by atoms with van der Waals surface area (Å²) in [5.41, 5.74) is 3.81. The molecule has 1 aromatic rings. The molecule has 6 heteroatoms. The van der Waals surface area contributed by atoms with E-state index < -0.39 is 4.92 Å². The molecule has 0 bridgehead atoms. The number of para-hydroxylation sites is 1. The molecule has 6 nitrogen and oxygen atoms in total. The Bertz CT molecular complexity index is 486. The lowest BCUT2D eigenvalue weighted by atomic mass is 10.1. The van der Waals surface area contributed by atoms with E-state index in [-0.39, 0.29) is 5.69 Å². The van der Waals surface area contributed by atoms with Crippen LogP contribution in [-0.2, 0) is 6.54 Å². The number of hydrogen-bond acceptors (Lipinski definition) is 5. The van der Waals surface area contributed by atoms with Gasteiger partial charge in [0.2, 0.25) is 0 Å². The minimum atomic E-state index is -0.403. The highest BCUT2D eigenvalue weighted by Crippen LogP contribution is 2.33. The number of hydrogen-bond donors (Lipinski definition) is 2. The van der Waals surface area contributed by atoms with Gasteiger partial charge in [-0.3, -0.25) is 20.9 Å². The molecule has 0 heterocycles. The minimum absolute atomic E-state index is 0.0279. The van der Waals surface area contributed by atoms with E-state index in [9.17, 15) is 10.1 Å². The number of nitro benzene ring substituents is 1. The maximum Gasteiger partial charge on any atom is 0.293 e. The van der Waals surface area contributed by atoms with Crippen LogP contribution in [0.1, 0.15) is 32.3 Å². The van der Waals surface area contributed by atoms with Crippen LogP contribution in [0.25, 0.3) is 0 Å². The number of nitrogens with one attached hydrogen (secondary N) is 1. The second-order valence-corrected chi connectivity index (χ2v) is 5.68. The summed E-state index contributed by atoms with van der Waals surface area (Å²) in [6.07, 6.45) is 2.58. The van der Waals surface area contributed by atoms with E-state index in [1.165, 1.54) is 18.9 Å². The molecule has 1 saturated carbocycles. The van der Waals surface area contributed by atoms with Crippen LogP contribution < -0.4 is 11.3 Å². The van der Waals surface area contributed by atoms with Gasteiger partial charge in [-0.25, -0.2) is 0 Å². The van der Waals surface area contributed by atoms with Crippen molar-refractivity contribution in [2.45, 2.75) is 39.3 Å². The molecule has 0 spiro atoms. The summed E-state index contributed by atoms with van der Waals surface area (Å²) in [5, 5.41) is 11.0. The fourth-order valence-corrected chi connectivity index (χ4v) is 2.35. The maximum absolute atomic E-state index is 11.0.